The summed E-state index contributed by atoms with van der Waals surface area (Å²) in [4.78, 5) is 12.0. The van der Waals surface area contributed by atoms with Gasteiger partial charge in [0.15, 0.2) is 0 Å². The molecule has 0 bridgehead atoms. The van der Waals surface area contributed by atoms with Crippen LogP contribution in [0.2, 0.25) is 0 Å². The highest BCUT2D eigenvalue weighted by atomic mass is 32.2. The van der Waals surface area contributed by atoms with Crippen molar-refractivity contribution < 1.29 is 22.1 Å². The third-order valence-electron chi connectivity index (χ3n) is 3.08. The summed E-state index contributed by atoms with van der Waals surface area (Å²) in [5.41, 5.74) is 0.418. The average Bonchev–Trinajstić information content (AvgIpc) is 2.43. The second-order valence-electron chi connectivity index (χ2n) is 6.63. The molecule has 0 radical (unpaired) electrons. The minimum Gasteiger partial charge on any atom is -0.444 e. The number of unbranched alkanes of at least 4 members (excludes halogenated alkanes) is 1. The first-order chi connectivity index (χ1) is 11.1. The zero-order valence-electron chi connectivity index (χ0n) is 14.7. The third-order valence-corrected chi connectivity index (χ3v) is 3.67. The van der Waals surface area contributed by atoms with E-state index in [9.17, 15) is 13.2 Å². The third kappa shape index (κ3) is 9.52. The molecule has 1 unspecified atom stereocenters. The number of nitrogens with one attached hydrogen (secondary N) is 1. The normalized spacial score (nSPS) is 13.3. The van der Waals surface area contributed by atoms with Crippen molar-refractivity contribution in [2.45, 2.75) is 51.7 Å². The van der Waals surface area contributed by atoms with E-state index in [0.29, 0.717) is 19.3 Å². The Hall–Kier alpha value is -1.60. The van der Waals surface area contributed by atoms with Gasteiger partial charge in [-0.1, -0.05) is 30.3 Å². The minimum absolute atomic E-state index is 0.146. The summed E-state index contributed by atoms with van der Waals surface area (Å²) in [6.07, 6.45) is 2.53. The number of rotatable bonds is 8. The number of hydrogen-bond donors (Lipinski definition) is 1. The quantitative estimate of drug-likeness (QED) is 0.569. The minimum atomic E-state index is -3.41. The molecular weight excluding hydrogens is 330 g/mol. The van der Waals surface area contributed by atoms with Crippen molar-refractivity contribution in [2.75, 3.05) is 12.9 Å². The summed E-state index contributed by atoms with van der Waals surface area (Å²) in [6, 6.07) is 9.41. The van der Waals surface area contributed by atoms with Crippen molar-refractivity contribution >= 4 is 16.2 Å². The van der Waals surface area contributed by atoms with Crippen LogP contribution in [-0.2, 0) is 19.0 Å². The molecule has 1 aromatic rings. The van der Waals surface area contributed by atoms with E-state index in [1.54, 1.807) is 0 Å². The summed E-state index contributed by atoms with van der Waals surface area (Å²) >= 11 is 0. The van der Waals surface area contributed by atoms with E-state index >= 15 is 0 Å². The van der Waals surface area contributed by atoms with Crippen LogP contribution in [-0.4, -0.2) is 33.0 Å². The van der Waals surface area contributed by atoms with E-state index in [-0.39, 0.29) is 12.6 Å². The van der Waals surface area contributed by atoms with Gasteiger partial charge in [0.2, 0.25) is 0 Å². The Morgan fingerprint density at radius 1 is 1.17 bits per heavy atom. The Morgan fingerprint density at radius 3 is 2.33 bits per heavy atom. The Balaban J connectivity index is 2.58. The average molecular weight is 357 g/mol. The Morgan fingerprint density at radius 2 is 1.79 bits per heavy atom. The van der Waals surface area contributed by atoms with Gasteiger partial charge >= 0.3 is 6.09 Å². The van der Waals surface area contributed by atoms with Crippen LogP contribution in [0, 0.1) is 0 Å². The lowest BCUT2D eigenvalue weighted by molar-refractivity contribution is 0.0500. The van der Waals surface area contributed by atoms with E-state index in [1.807, 2.05) is 51.1 Å². The van der Waals surface area contributed by atoms with E-state index in [4.69, 9.17) is 8.92 Å². The molecule has 0 saturated carbocycles. The molecule has 0 aliphatic carbocycles. The number of benzene rings is 1. The van der Waals surface area contributed by atoms with Crippen LogP contribution < -0.4 is 5.32 Å². The van der Waals surface area contributed by atoms with Gasteiger partial charge in [0.25, 0.3) is 10.1 Å². The highest BCUT2D eigenvalue weighted by molar-refractivity contribution is 7.85. The molecule has 1 rings (SSSR count). The topological polar surface area (TPSA) is 81.7 Å². The number of alkyl carbamates (subject to hydrolysis) is 1. The maximum Gasteiger partial charge on any atom is 0.408 e. The number of carbonyl (C=O) groups excluding carboxylic acids is 1. The molecule has 136 valence electrons. The summed E-state index contributed by atoms with van der Waals surface area (Å²) in [5.74, 6) is 0. The molecule has 24 heavy (non-hydrogen) atoms. The zero-order valence-corrected chi connectivity index (χ0v) is 15.6. The first-order valence-electron chi connectivity index (χ1n) is 7.96. The van der Waals surface area contributed by atoms with Crippen LogP contribution in [0.3, 0.4) is 0 Å². The fourth-order valence-corrected chi connectivity index (χ4v) is 2.54. The van der Waals surface area contributed by atoms with Gasteiger partial charge in [0.1, 0.15) is 5.60 Å². The second-order valence-corrected chi connectivity index (χ2v) is 8.28. The number of ether oxygens (including phenoxy) is 1. The van der Waals surface area contributed by atoms with Crippen LogP contribution >= 0.6 is 0 Å². The predicted molar refractivity (Wildman–Crippen MR) is 93.2 cm³/mol. The van der Waals surface area contributed by atoms with Crippen molar-refractivity contribution in [3.8, 4) is 0 Å². The van der Waals surface area contributed by atoms with Crippen molar-refractivity contribution in [3.05, 3.63) is 35.9 Å². The molecule has 1 N–H and O–H groups in total. The van der Waals surface area contributed by atoms with Crippen LogP contribution in [0.15, 0.2) is 30.3 Å². The Labute approximate surface area is 144 Å². The van der Waals surface area contributed by atoms with Crippen LogP contribution in [0.4, 0.5) is 4.79 Å². The van der Waals surface area contributed by atoms with Crippen LogP contribution in [0.1, 0.15) is 51.6 Å². The molecule has 0 aliphatic heterocycles. The van der Waals surface area contributed by atoms with E-state index in [0.717, 1.165) is 11.8 Å². The maximum absolute atomic E-state index is 12.0. The Bertz CT molecular complexity index is 608. The molecule has 6 nitrogen and oxygen atoms in total. The number of carbonyl (C=O) groups is 1. The molecule has 7 heteroatoms. The monoisotopic (exact) mass is 357 g/mol. The number of hydrogen-bond acceptors (Lipinski definition) is 5. The van der Waals surface area contributed by atoms with Gasteiger partial charge in [-0.15, -0.1) is 0 Å². The van der Waals surface area contributed by atoms with Gasteiger partial charge in [-0.3, -0.25) is 4.18 Å². The zero-order chi connectivity index (χ0) is 18.2. The molecule has 0 aliphatic rings. The summed E-state index contributed by atoms with van der Waals surface area (Å²) in [7, 11) is -3.41. The van der Waals surface area contributed by atoms with E-state index < -0.39 is 21.8 Å². The van der Waals surface area contributed by atoms with Gasteiger partial charge < -0.3 is 10.1 Å². The summed E-state index contributed by atoms with van der Waals surface area (Å²) in [6.45, 7) is 5.58. The van der Waals surface area contributed by atoms with Crippen LogP contribution in [0.5, 0.6) is 0 Å². The SMILES string of the molecule is CC(C)(C)OC(=O)NC(CCCCOS(C)(=O)=O)c1ccccc1. The largest absolute Gasteiger partial charge is 0.444 e. The van der Waals surface area contributed by atoms with Gasteiger partial charge in [-0.05, 0) is 45.6 Å². The molecular formula is C17H27NO5S. The predicted octanol–water partition coefficient (Wildman–Crippen LogP) is 3.40. The van der Waals surface area contributed by atoms with E-state index in [2.05, 4.69) is 5.32 Å². The lowest BCUT2D eigenvalue weighted by atomic mass is 10.0. The molecule has 0 heterocycles. The summed E-state index contributed by atoms with van der Waals surface area (Å²) in [5, 5.41) is 2.88. The van der Waals surface area contributed by atoms with E-state index in [1.165, 1.54) is 0 Å². The number of amides is 1. The van der Waals surface area contributed by atoms with Gasteiger partial charge in [-0.25, -0.2) is 4.79 Å². The Kier molecular flexibility index (Phi) is 7.69. The van der Waals surface area contributed by atoms with Gasteiger partial charge in [0.05, 0.1) is 18.9 Å². The maximum atomic E-state index is 12.0. The summed E-state index contributed by atoms with van der Waals surface area (Å²) < 4.78 is 31.9. The highest BCUT2D eigenvalue weighted by Gasteiger charge is 2.20. The fraction of sp³-hybridized carbons (Fsp3) is 0.588. The molecule has 0 spiro atoms. The molecule has 1 aromatic carbocycles. The molecule has 0 saturated heterocycles. The standard InChI is InChI=1S/C17H27NO5S/c1-17(2,3)23-16(19)18-15(14-10-6-5-7-11-14)12-8-9-13-22-24(4,20)21/h5-7,10-11,15H,8-9,12-13H2,1-4H3,(H,18,19). The van der Waals surface area contributed by atoms with Crippen molar-refractivity contribution in [1.82, 2.24) is 5.32 Å². The highest BCUT2D eigenvalue weighted by Crippen LogP contribution is 2.20. The molecule has 0 aromatic heterocycles. The fourth-order valence-electron chi connectivity index (χ4n) is 2.12. The van der Waals surface area contributed by atoms with Crippen molar-refractivity contribution in [2.24, 2.45) is 0 Å². The van der Waals surface area contributed by atoms with Crippen molar-refractivity contribution in [3.63, 3.8) is 0 Å². The van der Waals surface area contributed by atoms with Gasteiger partial charge in [0, 0.05) is 0 Å². The molecule has 1 atom stereocenters. The second kappa shape index (κ2) is 9.03. The molecule has 0 fully saturated rings. The van der Waals surface area contributed by atoms with Crippen molar-refractivity contribution in [1.29, 1.82) is 0 Å². The lowest BCUT2D eigenvalue weighted by Crippen LogP contribution is -2.35. The van der Waals surface area contributed by atoms with Crippen LogP contribution in [0.25, 0.3) is 0 Å². The first kappa shape index (κ1) is 20.4. The first-order valence-corrected chi connectivity index (χ1v) is 9.77. The lowest BCUT2D eigenvalue weighted by Gasteiger charge is -2.24. The molecule has 1 amide bonds. The van der Waals surface area contributed by atoms with Gasteiger partial charge in [-0.2, -0.15) is 8.42 Å². The smallest absolute Gasteiger partial charge is 0.408 e.